The van der Waals surface area contributed by atoms with Gasteiger partial charge in [-0.15, -0.1) is 0 Å². The molecule has 2 aromatic rings. The van der Waals surface area contributed by atoms with Crippen molar-refractivity contribution in [2.24, 2.45) is 0 Å². The van der Waals surface area contributed by atoms with Crippen molar-refractivity contribution in [3.63, 3.8) is 0 Å². The van der Waals surface area contributed by atoms with Crippen molar-refractivity contribution in [1.29, 1.82) is 0 Å². The first-order chi connectivity index (χ1) is 9.47. The molecule has 0 aliphatic heterocycles. The maximum absolute atomic E-state index is 12.9. The predicted octanol–water partition coefficient (Wildman–Crippen LogP) is 4.11. The third-order valence-electron chi connectivity index (χ3n) is 2.89. The van der Waals surface area contributed by atoms with E-state index in [-0.39, 0.29) is 22.4 Å². The van der Waals surface area contributed by atoms with Crippen molar-refractivity contribution >= 4 is 17.5 Å². The van der Waals surface area contributed by atoms with Crippen molar-refractivity contribution in [3.05, 3.63) is 70.2 Å². The molecule has 1 amide bonds. The molecule has 5 heteroatoms. The second-order valence-corrected chi connectivity index (χ2v) is 4.78. The number of nitrogens with one attached hydrogen (secondary N) is 1. The Balaban J connectivity index is 2.13. The molecule has 1 N–H and O–H groups in total. The minimum Gasteiger partial charge on any atom is -0.345 e. The standard InChI is InChI=1S/C15H12ClF2NO/c1-9(10-2-4-11(17)5-3-10)19-15(20)13-7-6-12(18)8-14(13)16/h2-9H,1H3,(H,19,20)/t9-/m1/s1. The molecule has 2 aromatic carbocycles. The third kappa shape index (κ3) is 3.33. The van der Waals surface area contributed by atoms with Crippen LogP contribution in [-0.2, 0) is 0 Å². The molecule has 20 heavy (non-hydrogen) atoms. The summed E-state index contributed by atoms with van der Waals surface area (Å²) in [5.41, 5.74) is 0.958. The average molecular weight is 296 g/mol. The van der Waals surface area contributed by atoms with Crippen LogP contribution < -0.4 is 5.32 Å². The second kappa shape index (κ2) is 6.01. The Morgan fingerprint density at radius 2 is 1.70 bits per heavy atom. The number of rotatable bonds is 3. The van der Waals surface area contributed by atoms with Gasteiger partial charge in [-0.3, -0.25) is 4.79 Å². The molecule has 0 bridgehead atoms. The van der Waals surface area contributed by atoms with Crippen molar-refractivity contribution in [2.75, 3.05) is 0 Å². The minimum absolute atomic E-state index is 0.0498. The van der Waals surface area contributed by atoms with Crippen LogP contribution >= 0.6 is 11.6 Å². The summed E-state index contributed by atoms with van der Waals surface area (Å²) < 4.78 is 25.8. The van der Waals surface area contributed by atoms with Crippen LogP contribution in [-0.4, -0.2) is 5.91 Å². The smallest absolute Gasteiger partial charge is 0.253 e. The summed E-state index contributed by atoms with van der Waals surface area (Å²) in [5, 5.41) is 2.77. The van der Waals surface area contributed by atoms with E-state index in [4.69, 9.17) is 11.6 Å². The Kier molecular flexibility index (Phi) is 4.35. The van der Waals surface area contributed by atoms with Crippen LogP contribution in [0.1, 0.15) is 28.9 Å². The van der Waals surface area contributed by atoms with Crippen molar-refractivity contribution < 1.29 is 13.6 Å². The lowest BCUT2D eigenvalue weighted by atomic mass is 10.1. The summed E-state index contributed by atoms with van der Waals surface area (Å²) >= 11 is 5.82. The molecule has 0 radical (unpaired) electrons. The molecule has 0 saturated carbocycles. The van der Waals surface area contributed by atoms with Gasteiger partial charge in [-0.05, 0) is 42.8 Å². The first kappa shape index (κ1) is 14.5. The fourth-order valence-electron chi connectivity index (χ4n) is 1.78. The number of amides is 1. The molecule has 0 unspecified atom stereocenters. The van der Waals surface area contributed by atoms with Gasteiger partial charge in [-0.25, -0.2) is 8.78 Å². The van der Waals surface area contributed by atoms with Gasteiger partial charge in [0.05, 0.1) is 16.6 Å². The largest absolute Gasteiger partial charge is 0.345 e. The molecule has 104 valence electrons. The van der Waals surface area contributed by atoms with Crippen LogP contribution in [0.3, 0.4) is 0 Å². The highest BCUT2D eigenvalue weighted by Gasteiger charge is 2.14. The molecule has 0 aromatic heterocycles. The van der Waals surface area contributed by atoms with Crippen molar-refractivity contribution in [2.45, 2.75) is 13.0 Å². The number of hydrogen-bond acceptors (Lipinski definition) is 1. The Bertz CT molecular complexity index is 628. The SMILES string of the molecule is C[C@@H](NC(=O)c1ccc(F)cc1Cl)c1ccc(F)cc1. The van der Waals surface area contributed by atoms with E-state index >= 15 is 0 Å². The van der Waals surface area contributed by atoms with Gasteiger partial charge in [0.1, 0.15) is 11.6 Å². The zero-order chi connectivity index (χ0) is 14.7. The Morgan fingerprint density at radius 1 is 1.10 bits per heavy atom. The highest BCUT2D eigenvalue weighted by Crippen LogP contribution is 2.19. The second-order valence-electron chi connectivity index (χ2n) is 4.37. The fraction of sp³-hybridized carbons (Fsp3) is 0.133. The summed E-state index contributed by atoms with van der Waals surface area (Å²) in [6.07, 6.45) is 0. The van der Waals surface area contributed by atoms with E-state index in [0.29, 0.717) is 0 Å². The van der Waals surface area contributed by atoms with Gasteiger partial charge in [-0.2, -0.15) is 0 Å². The summed E-state index contributed by atoms with van der Waals surface area (Å²) in [4.78, 5) is 12.0. The zero-order valence-electron chi connectivity index (χ0n) is 10.7. The zero-order valence-corrected chi connectivity index (χ0v) is 11.4. The van der Waals surface area contributed by atoms with Gasteiger partial charge in [-0.1, -0.05) is 23.7 Å². The topological polar surface area (TPSA) is 29.1 Å². The number of hydrogen-bond donors (Lipinski definition) is 1. The van der Waals surface area contributed by atoms with E-state index in [1.807, 2.05) is 0 Å². The molecule has 0 aliphatic carbocycles. The molecule has 1 atom stereocenters. The quantitative estimate of drug-likeness (QED) is 0.907. The summed E-state index contributed by atoms with van der Waals surface area (Å²) in [6.45, 7) is 1.77. The molecule has 2 rings (SSSR count). The molecule has 0 saturated heterocycles. The van der Waals surface area contributed by atoms with Crippen LogP contribution in [0.4, 0.5) is 8.78 Å². The minimum atomic E-state index is -0.502. The van der Waals surface area contributed by atoms with Gasteiger partial charge in [0.25, 0.3) is 5.91 Å². The summed E-state index contributed by atoms with van der Waals surface area (Å²) in [7, 11) is 0. The van der Waals surface area contributed by atoms with Crippen LogP contribution in [0, 0.1) is 11.6 Å². The lowest BCUT2D eigenvalue weighted by molar-refractivity contribution is 0.0940. The maximum Gasteiger partial charge on any atom is 0.253 e. The monoisotopic (exact) mass is 295 g/mol. The first-order valence-corrected chi connectivity index (χ1v) is 6.36. The Hall–Kier alpha value is -1.94. The fourth-order valence-corrected chi connectivity index (χ4v) is 2.04. The van der Waals surface area contributed by atoms with Crippen LogP contribution in [0.5, 0.6) is 0 Å². The summed E-state index contributed by atoms with van der Waals surface area (Å²) in [5.74, 6) is -1.25. The predicted molar refractivity (Wildman–Crippen MR) is 73.7 cm³/mol. The van der Waals surface area contributed by atoms with Crippen LogP contribution in [0.15, 0.2) is 42.5 Å². The highest BCUT2D eigenvalue weighted by atomic mass is 35.5. The number of benzene rings is 2. The molecule has 2 nitrogen and oxygen atoms in total. The number of halogens is 3. The maximum atomic E-state index is 12.9. The van der Waals surface area contributed by atoms with Gasteiger partial charge < -0.3 is 5.32 Å². The van der Waals surface area contributed by atoms with E-state index in [1.165, 1.54) is 24.3 Å². The van der Waals surface area contributed by atoms with Crippen molar-refractivity contribution in [3.8, 4) is 0 Å². The van der Waals surface area contributed by atoms with Crippen LogP contribution in [0.25, 0.3) is 0 Å². The lowest BCUT2D eigenvalue weighted by Crippen LogP contribution is -2.26. The van der Waals surface area contributed by atoms with E-state index in [0.717, 1.165) is 11.6 Å². The summed E-state index contributed by atoms with van der Waals surface area (Å²) in [6, 6.07) is 9.08. The molecular formula is C15H12ClF2NO. The van der Waals surface area contributed by atoms with Gasteiger partial charge in [0.2, 0.25) is 0 Å². The average Bonchev–Trinajstić information content (AvgIpc) is 2.39. The number of carbonyl (C=O) groups is 1. The molecule has 0 fully saturated rings. The van der Waals surface area contributed by atoms with Gasteiger partial charge in [0.15, 0.2) is 0 Å². The van der Waals surface area contributed by atoms with E-state index in [9.17, 15) is 13.6 Å². The van der Waals surface area contributed by atoms with E-state index < -0.39 is 11.7 Å². The highest BCUT2D eigenvalue weighted by molar-refractivity contribution is 6.33. The van der Waals surface area contributed by atoms with Gasteiger partial charge >= 0.3 is 0 Å². The van der Waals surface area contributed by atoms with Gasteiger partial charge in [0, 0.05) is 0 Å². The molecule has 0 heterocycles. The number of carbonyl (C=O) groups excluding carboxylic acids is 1. The normalized spacial score (nSPS) is 12.0. The third-order valence-corrected chi connectivity index (χ3v) is 3.21. The Labute approximate surface area is 120 Å². The molecular weight excluding hydrogens is 284 g/mol. The Morgan fingerprint density at radius 3 is 2.30 bits per heavy atom. The molecule has 0 aliphatic rings. The van der Waals surface area contributed by atoms with E-state index in [1.54, 1.807) is 19.1 Å². The van der Waals surface area contributed by atoms with Crippen molar-refractivity contribution in [1.82, 2.24) is 5.32 Å². The van der Waals surface area contributed by atoms with Crippen LogP contribution in [0.2, 0.25) is 5.02 Å². The molecule has 0 spiro atoms. The first-order valence-electron chi connectivity index (χ1n) is 5.99. The van der Waals surface area contributed by atoms with E-state index in [2.05, 4.69) is 5.32 Å². The lowest BCUT2D eigenvalue weighted by Gasteiger charge is -2.15.